The zero-order valence-corrected chi connectivity index (χ0v) is 15.6. The maximum absolute atomic E-state index is 12.5. The Morgan fingerprint density at radius 2 is 1.86 bits per heavy atom. The van der Waals surface area contributed by atoms with Crippen molar-refractivity contribution in [1.29, 1.82) is 0 Å². The number of carbonyl (C=O) groups is 1. The summed E-state index contributed by atoms with van der Waals surface area (Å²) < 4.78 is 7.40. The van der Waals surface area contributed by atoms with Crippen LogP contribution in [0.2, 0.25) is 0 Å². The van der Waals surface area contributed by atoms with E-state index in [4.69, 9.17) is 4.74 Å². The topological polar surface area (TPSA) is 72.3 Å². The molecule has 1 saturated heterocycles. The predicted octanol–water partition coefficient (Wildman–Crippen LogP) is 2.09. The number of benzene rings is 1. The highest BCUT2D eigenvalue weighted by Gasteiger charge is 2.14. The maximum atomic E-state index is 12.5. The Hall–Kier alpha value is -3.19. The lowest BCUT2D eigenvalue weighted by atomic mass is 10.1. The summed E-state index contributed by atoms with van der Waals surface area (Å²) in [5, 5.41) is 2.97. The standard InChI is InChI=1S/C21H23N5O2/c27-21(19-11-20(14-23-13-19)26-7-9-28-10-8-26)24-12-17-1-3-18(4-2-17)15-25-6-5-22-16-25/h1-6,11,13-14,16H,7-10,12,15H2,(H,24,27). The first-order valence-corrected chi connectivity index (χ1v) is 9.37. The summed E-state index contributed by atoms with van der Waals surface area (Å²) in [4.78, 5) is 23.0. The van der Waals surface area contributed by atoms with E-state index in [1.165, 1.54) is 5.56 Å². The molecule has 1 N–H and O–H groups in total. The third kappa shape index (κ3) is 4.55. The molecule has 1 amide bonds. The van der Waals surface area contributed by atoms with Crippen molar-refractivity contribution >= 4 is 11.6 Å². The molecule has 28 heavy (non-hydrogen) atoms. The van der Waals surface area contributed by atoms with Crippen molar-refractivity contribution in [1.82, 2.24) is 19.9 Å². The summed E-state index contributed by atoms with van der Waals surface area (Å²) >= 11 is 0. The van der Waals surface area contributed by atoms with Crippen LogP contribution in [0, 0.1) is 0 Å². The fraction of sp³-hybridized carbons (Fsp3) is 0.286. The number of hydrogen-bond donors (Lipinski definition) is 1. The molecule has 0 unspecified atom stereocenters. The van der Waals surface area contributed by atoms with Crippen LogP contribution in [0.1, 0.15) is 21.5 Å². The van der Waals surface area contributed by atoms with Crippen molar-refractivity contribution in [3.05, 3.63) is 78.1 Å². The normalized spacial score (nSPS) is 14.1. The van der Waals surface area contributed by atoms with E-state index in [2.05, 4.69) is 32.3 Å². The summed E-state index contributed by atoms with van der Waals surface area (Å²) in [6.45, 7) is 4.30. The molecule has 0 spiro atoms. The second-order valence-electron chi connectivity index (χ2n) is 6.77. The first kappa shape index (κ1) is 18.2. The third-order valence-corrected chi connectivity index (χ3v) is 4.76. The van der Waals surface area contributed by atoms with Gasteiger partial charge in [-0.15, -0.1) is 0 Å². The van der Waals surface area contributed by atoms with Gasteiger partial charge in [-0.05, 0) is 17.2 Å². The van der Waals surface area contributed by atoms with Gasteiger partial charge in [0.2, 0.25) is 0 Å². The van der Waals surface area contributed by atoms with Gasteiger partial charge in [0.15, 0.2) is 0 Å². The van der Waals surface area contributed by atoms with Crippen LogP contribution in [0.15, 0.2) is 61.4 Å². The summed E-state index contributed by atoms with van der Waals surface area (Å²) in [5.41, 5.74) is 3.77. The van der Waals surface area contributed by atoms with E-state index in [1.807, 2.05) is 29.0 Å². The fourth-order valence-corrected chi connectivity index (χ4v) is 3.18. The molecule has 0 radical (unpaired) electrons. The Morgan fingerprint density at radius 3 is 2.61 bits per heavy atom. The summed E-state index contributed by atoms with van der Waals surface area (Å²) in [5.74, 6) is -0.120. The van der Waals surface area contributed by atoms with Crippen molar-refractivity contribution < 1.29 is 9.53 Å². The number of anilines is 1. The molecule has 7 heteroatoms. The zero-order valence-electron chi connectivity index (χ0n) is 15.6. The number of morpholine rings is 1. The smallest absolute Gasteiger partial charge is 0.253 e. The van der Waals surface area contributed by atoms with Gasteiger partial charge < -0.3 is 19.5 Å². The Balaban J connectivity index is 1.33. The minimum atomic E-state index is -0.120. The molecule has 2 aromatic heterocycles. The van der Waals surface area contributed by atoms with Crippen molar-refractivity contribution in [2.24, 2.45) is 0 Å². The van der Waals surface area contributed by atoms with E-state index in [-0.39, 0.29) is 5.91 Å². The lowest BCUT2D eigenvalue weighted by Gasteiger charge is -2.28. The minimum absolute atomic E-state index is 0.120. The van der Waals surface area contributed by atoms with Gasteiger partial charge in [-0.2, -0.15) is 0 Å². The second-order valence-corrected chi connectivity index (χ2v) is 6.77. The molecule has 0 bridgehead atoms. The number of carbonyl (C=O) groups excluding carboxylic acids is 1. The Bertz CT molecular complexity index is 903. The molecule has 1 aliphatic heterocycles. The molecule has 7 nitrogen and oxygen atoms in total. The van der Waals surface area contributed by atoms with Crippen LogP contribution in [0.3, 0.4) is 0 Å². The third-order valence-electron chi connectivity index (χ3n) is 4.76. The molecule has 1 fully saturated rings. The van der Waals surface area contributed by atoms with Crippen LogP contribution in [0.4, 0.5) is 5.69 Å². The quantitative estimate of drug-likeness (QED) is 0.712. The van der Waals surface area contributed by atoms with Crippen LogP contribution >= 0.6 is 0 Å². The van der Waals surface area contributed by atoms with Crippen molar-refractivity contribution in [3.8, 4) is 0 Å². The summed E-state index contributed by atoms with van der Waals surface area (Å²) in [6.07, 6.45) is 8.90. The van der Waals surface area contributed by atoms with Gasteiger partial charge in [0.25, 0.3) is 5.91 Å². The van der Waals surface area contributed by atoms with E-state index >= 15 is 0 Å². The number of amides is 1. The number of rotatable bonds is 6. The molecule has 1 aliphatic rings. The van der Waals surface area contributed by atoms with Gasteiger partial charge in [-0.3, -0.25) is 9.78 Å². The zero-order chi connectivity index (χ0) is 19.2. The Morgan fingerprint density at radius 1 is 1.07 bits per heavy atom. The van der Waals surface area contributed by atoms with E-state index in [0.29, 0.717) is 25.3 Å². The lowest BCUT2D eigenvalue weighted by Crippen LogP contribution is -2.36. The average molecular weight is 377 g/mol. The number of hydrogen-bond acceptors (Lipinski definition) is 5. The van der Waals surface area contributed by atoms with Gasteiger partial charge in [0.1, 0.15) is 0 Å². The lowest BCUT2D eigenvalue weighted by molar-refractivity contribution is 0.0950. The van der Waals surface area contributed by atoms with Crippen molar-refractivity contribution in [2.75, 3.05) is 31.2 Å². The van der Waals surface area contributed by atoms with Gasteiger partial charge in [-0.1, -0.05) is 24.3 Å². The summed E-state index contributed by atoms with van der Waals surface area (Å²) in [6, 6.07) is 10.1. The van der Waals surface area contributed by atoms with Crippen LogP contribution in [-0.2, 0) is 17.8 Å². The van der Waals surface area contributed by atoms with Gasteiger partial charge >= 0.3 is 0 Å². The second kappa shape index (κ2) is 8.67. The van der Waals surface area contributed by atoms with Gasteiger partial charge in [0.05, 0.1) is 37.0 Å². The fourth-order valence-electron chi connectivity index (χ4n) is 3.18. The van der Waals surface area contributed by atoms with E-state index in [1.54, 1.807) is 24.9 Å². The Kier molecular flexibility index (Phi) is 5.63. The molecule has 0 atom stereocenters. The first-order valence-electron chi connectivity index (χ1n) is 9.37. The van der Waals surface area contributed by atoms with Crippen molar-refractivity contribution in [2.45, 2.75) is 13.1 Å². The Labute approximate surface area is 164 Å². The van der Waals surface area contributed by atoms with Crippen LogP contribution in [-0.4, -0.2) is 46.7 Å². The highest BCUT2D eigenvalue weighted by molar-refractivity contribution is 5.94. The molecule has 4 rings (SSSR count). The molecule has 144 valence electrons. The monoisotopic (exact) mass is 377 g/mol. The molecule has 3 aromatic rings. The van der Waals surface area contributed by atoms with Gasteiger partial charge in [0, 0.05) is 44.8 Å². The largest absolute Gasteiger partial charge is 0.378 e. The molecule has 0 saturated carbocycles. The number of imidazole rings is 1. The van der Waals surface area contributed by atoms with Crippen LogP contribution in [0.5, 0.6) is 0 Å². The molecule has 1 aromatic carbocycles. The number of aromatic nitrogens is 3. The van der Waals surface area contributed by atoms with E-state index in [9.17, 15) is 4.79 Å². The number of pyridine rings is 1. The minimum Gasteiger partial charge on any atom is -0.378 e. The SMILES string of the molecule is O=C(NCc1ccc(Cn2ccnc2)cc1)c1cncc(N2CCOCC2)c1. The van der Waals surface area contributed by atoms with Crippen LogP contribution in [0.25, 0.3) is 0 Å². The summed E-state index contributed by atoms with van der Waals surface area (Å²) in [7, 11) is 0. The van der Waals surface area contributed by atoms with Crippen molar-refractivity contribution in [3.63, 3.8) is 0 Å². The number of ether oxygens (including phenoxy) is 1. The maximum Gasteiger partial charge on any atom is 0.253 e. The van der Waals surface area contributed by atoms with Crippen LogP contribution < -0.4 is 10.2 Å². The molecular weight excluding hydrogens is 354 g/mol. The average Bonchev–Trinajstić information content (AvgIpc) is 3.27. The number of nitrogens with zero attached hydrogens (tertiary/aromatic N) is 4. The van der Waals surface area contributed by atoms with Gasteiger partial charge in [-0.25, -0.2) is 4.98 Å². The number of nitrogens with one attached hydrogen (secondary N) is 1. The van der Waals surface area contributed by atoms with E-state index < -0.39 is 0 Å². The molecular formula is C21H23N5O2. The predicted molar refractivity (Wildman–Crippen MR) is 106 cm³/mol. The molecule has 0 aliphatic carbocycles. The van der Waals surface area contributed by atoms with E-state index in [0.717, 1.165) is 30.9 Å². The first-order chi connectivity index (χ1) is 13.8. The highest BCUT2D eigenvalue weighted by atomic mass is 16.5. The highest BCUT2D eigenvalue weighted by Crippen LogP contribution is 2.16. The molecule has 3 heterocycles.